The van der Waals surface area contributed by atoms with Crippen molar-refractivity contribution in [3.63, 3.8) is 0 Å². The highest BCUT2D eigenvalue weighted by molar-refractivity contribution is 5.79. The van der Waals surface area contributed by atoms with Gasteiger partial charge in [0.2, 0.25) is 0 Å². The zero-order valence-corrected chi connectivity index (χ0v) is 16.1. The van der Waals surface area contributed by atoms with Gasteiger partial charge in [0.1, 0.15) is 17.7 Å². The third-order valence-electron chi connectivity index (χ3n) is 5.87. The summed E-state index contributed by atoms with van der Waals surface area (Å²) in [6.07, 6.45) is 3.47. The van der Waals surface area contributed by atoms with Gasteiger partial charge in [0.15, 0.2) is 0 Å². The van der Waals surface area contributed by atoms with Gasteiger partial charge in [0, 0.05) is 32.0 Å². The molecule has 2 aliphatic heterocycles. The lowest BCUT2D eigenvalue weighted by Crippen LogP contribution is -2.39. The molecule has 1 aromatic heterocycles. The third-order valence-corrected chi connectivity index (χ3v) is 5.87. The van der Waals surface area contributed by atoms with Gasteiger partial charge in [-0.3, -0.25) is 4.79 Å². The van der Waals surface area contributed by atoms with Gasteiger partial charge in [0.05, 0.1) is 23.6 Å². The Labute approximate surface area is 159 Å². The minimum atomic E-state index is -0.242. The number of carbonyl (C=O) groups excluding carboxylic acids is 1. The first-order chi connectivity index (χ1) is 13.1. The molecule has 1 atom stereocenters. The van der Waals surface area contributed by atoms with Gasteiger partial charge >= 0.3 is 5.97 Å². The zero-order chi connectivity index (χ0) is 18.9. The molecule has 7 nitrogen and oxygen atoms in total. The van der Waals surface area contributed by atoms with Crippen molar-refractivity contribution in [3.8, 4) is 5.75 Å². The van der Waals surface area contributed by atoms with Gasteiger partial charge in [-0.1, -0.05) is 0 Å². The van der Waals surface area contributed by atoms with Gasteiger partial charge in [-0.25, -0.2) is 4.98 Å². The van der Waals surface area contributed by atoms with Crippen LogP contribution in [0.4, 0.5) is 0 Å². The summed E-state index contributed by atoms with van der Waals surface area (Å²) in [5.41, 5.74) is 1.70. The van der Waals surface area contributed by atoms with Crippen molar-refractivity contribution in [2.24, 2.45) is 5.41 Å². The van der Waals surface area contributed by atoms with Crippen LogP contribution in [0.3, 0.4) is 0 Å². The molecular weight excluding hydrogens is 344 g/mol. The van der Waals surface area contributed by atoms with Gasteiger partial charge in [0.25, 0.3) is 0 Å². The van der Waals surface area contributed by atoms with E-state index in [1.165, 1.54) is 0 Å². The molecule has 1 spiro atoms. The van der Waals surface area contributed by atoms with Crippen molar-refractivity contribution in [1.82, 2.24) is 20.2 Å². The quantitative estimate of drug-likeness (QED) is 0.752. The van der Waals surface area contributed by atoms with Crippen molar-refractivity contribution in [2.75, 3.05) is 40.3 Å². The molecule has 2 N–H and O–H groups in total. The van der Waals surface area contributed by atoms with Crippen LogP contribution >= 0.6 is 0 Å². The van der Waals surface area contributed by atoms with E-state index >= 15 is 0 Å². The molecule has 0 amide bonds. The Bertz CT molecular complexity index is 813. The molecule has 0 saturated carbocycles. The molecule has 0 bridgehead atoms. The van der Waals surface area contributed by atoms with Crippen LogP contribution in [-0.2, 0) is 16.0 Å². The number of benzene rings is 1. The number of rotatable bonds is 6. The largest absolute Gasteiger partial charge is 0.497 e. The summed E-state index contributed by atoms with van der Waals surface area (Å²) >= 11 is 0. The summed E-state index contributed by atoms with van der Waals surface area (Å²) in [6, 6.07) is 5.85. The molecule has 2 fully saturated rings. The molecule has 7 heteroatoms. The number of piperidine rings is 1. The minimum Gasteiger partial charge on any atom is -0.497 e. The Morgan fingerprint density at radius 3 is 2.96 bits per heavy atom. The fourth-order valence-corrected chi connectivity index (χ4v) is 4.28. The van der Waals surface area contributed by atoms with Crippen molar-refractivity contribution in [3.05, 3.63) is 24.0 Å². The molecule has 1 aromatic carbocycles. The van der Waals surface area contributed by atoms with E-state index in [2.05, 4.69) is 27.2 Å². The molecule has 4 rings (SSSR count). The van der Waals surface area contributed by atoms with E-state index in [9.17, 15) is 4.79 Å². The molecule has 0 aliphatic carbocycles. The molecule has 2 saturated heterocycles. The predicted molar refractivity (Wildman–Crippen MR) is 103 cm³/mol. The Balaban J connectivity index is 1.31. The van der Waals surface area contributed by atoms with Gasteiger partial charge in [-0.2, -0.15) is 0 Å². The highest BCUT2D eigenvalue weighted by Gasteiger charge is 2.49. The SMILES string of the molecule is COc1ccc2nc(CCN(C)CC3CC4(CCNCC4)C(=O)O3)[nH]c2c1. The third kappa shape index (κ3) is 3.80. The maximum Gasteiger partial charge on any atom is 0.312 e. The fourth-order valence-electron chi connectivity index (χ4n) is 4.28. The lowest BCUT2D eigenvalue weighted by Gasteiger charge is -2.29. The second kappa shape index (κ2) is 7.48. The van der Waals surface area contributed by atoms with Crippen molar-refractivity contribution in [1.29, 1.82) is 0 Å². The predicted octanol–water partition coefficient (Wildman–Crippen LogP) is 1.73. The van der Waals surface area contributed by atoms with Crippen LogP contribution in [0.15, 0.2) is 18.2 Å². The monoisotopic (exact) mass is 372 g/mol. The Hall–Kier alpha value is -2.12. The van der Waals surface area contributed by atoms with Crippen LogP contribution in [0.1, 0.15) is 25.1 Å². The summed E-state index contributed by atoms with van der Waals surface area (Å²) < 4.78 is 11.0. The van der Waals surface area contributed by atoms with E-state index in [0.29, 0.717) is 0 Å². The van der Waals surface area contributed by atoms with E-state index in [4.69, 9.17) is 9.47 Å². The van der Waals surface area contributed by atoms with Crippen LogP contribution in [-0.4, -0.2) is 67.3 Å². The number of imidazole rings is 1. The zero-order valence-electron chi connectivity index (χ0n) is 16.1. The van der Waals surface area contributed by atoms with Crippen molar-refractivity contribution >= 4 is 17.0 Å². The Morgan fingerprint density at radius 1 is 1.37 bits per heavy atom. The Morgan fingerprint density at radius 2 is 2.19 bits per heavy atom. The van der Waals surface area contributed by atoms with Gasteiger partial charge in [-0.05, 0) is 45.1 Å². The fraction of sp³-hybridized carbons (Fsp3) is 0.600. The van der Waals surface area contributed by atoms with E-state index < -0.39 is 0 Å². The number of cyclic esters (lactones) is 1. The first-order valence-corrected chi connectivity index (χ1v) is 9.71. The number of fused-ring (bicyclic) bond motifs is 1. The molecule has 0 radical (unpaired) electrons. The van der Waals surface area contributed by atoms with Gasteiger partial charge in [-0.15, -0.1) is 0 Å². The van der Waals surface area contributed by atoms with Gasteiger partial charge < -0.3 is 24.7 Å². The second-order valence-electron chi connectivity index (χ2n) is 7.84. The summed E-state index contributed by atoms with van der Waals surface area (Å²) in [4.78, 5) is 22.6. The highest BCUT2D eigenvalue weighted by atomic mass is 16.6. The number of hydrogen-bond donors (Lipinski definition) is 2. The molecule has 27 heavy (non-hydrogen) atoms. The number of carbonyl (C=O) groups is 1. The lowest BCUT2D eigenvalue weighted by atomic mass is 9.76. The number of ether oxygens (including phenoxy) is 2. The first-order valence-electron chi connectivity index (χ1n) is 9.71. The number of nitrogens with zero attached hydrogens (tertiary/aromatic N) is 2. The number of hydrogen-bond acceptors (Lipinski definition) is 6. The maximum absolute atomic E-state index is 12.4. The molecule has 2 aromatic rings. The van der Waals surface area contributed by atoms with Crippen LogP contribution in [0.2, 0.25) is 0 Å². The second-order valence-corrected chi connectivity index (χ2v) is 7.84. The number of esters is 1. The maximum atomic E-state index is 12.4. The molecule has 3 heterocycles. The summed E-state index contributed by atoms with van der Waals surface area (Å²) in [6.45, 7) is 3.46. The summed E-state index contributed by atoms with van der Waals surface area (Å²) in [5, 5.41) is 3.33. The number of likely N-dealkylation sites (N-methyl/N-ethyl adjacent to an activating group) is 1. The number of methoxy groups -OCH3 is 1. The summed E-state index contributed by atoms with van der Waals surface area (Å²) in [5.74, 6) is 1.79. The molecule has 1 unspecified atom stereocenters. The van der Waals surface area contributed by atoms with Crippen LogP contribution in [0, 0.1) is 5.41 Å². The van der Waals surface area contributed by atoms with Crippen molar-refractivity contribution < 1.29 is 14.3 Å². The topological polar surface area (TPSA) is 79.5 Å². The van der Waals surface area contributed by atoms with E-state index in [1.807, 2.05) is 18.2 Å². The molecule has 146 valence electrons. The lowest BCUT2D eigenvalue weighted by molar-refractivity contribution is -0.150. The van der Waals surface area contributed by atoms with Crippen LogP contribution < -0.4 is 10.1 Å². The summed E-state index contributed by atoms with van der Waals surface area (Å²) in [7, 11) is 3.74. The average molecular weight is 372 g/mol. The Kier molecular flexibility index (Phi) is 5.06. The minimum absolute atomic E-state index is 0.000495. The van der Waals surface area contributed by atoms with Crippen LogP contribution in [0.25, 0.3) is 11.0 Å². The normalized spacial score (nSPS) is 21.9. The average Bonchev–Trinajstić information content (AvgIpc) is 3.20. The van der Waals surface area contributed by atoms with Crippen molar-refractivity contribution in [2.45, 2.75) is 31.8 Å². The standard InChI is InChI=1S/C20H28N4O3/c1-24(13-15-12-20(19(25)27-15)6-8-21-9-7-20)10-5-18-22-16-4-3-14(26-2)11-17(16)23-18/h3-4,11,15,21H,5-10,12-13H2,1-2H3,(H,22,23). The van der Waals surface area contributed by atoms with E-state index in [1.54, 1.807) is 7.11 Å². The highest BCUT2D eigenvalue weighted by Crippen LogP contribution is 2.41. The van der Waals surface area contributed by atoms with E-state index in [0.717, 1.165) is 74.5 Å². The smallest absolute Gasteiger partial charge is 0.312 e. The number of H-pyrrole nitrogens is 1. The first kappa shape index (κ1) is 18.3. The molecular formula is C20H28N4O3. The number of aromatic amines is 1. The van der Waals surface area contributed by atoms with E-state index in [-0.39, 0.29) is 17.5 Å². The molecule has 2 aliphatic rings. The number of aromatic nitrogens is 2. The number of nitrogens with one attached hydrogen (secondary N) is 2. The van der Waals surface area contributed by atoms with Crippen LogP contribution in [0.5, 0.6) is 5.75 Å².